The van der Waals surface area contributed by atoms with Crippen molar-refractivity contribution >= 4 is 5.97 Å². The Morgan fingerprint density at radius 2 is 1.60 bits per heavy atom. The van der Waals surface area contributed by atoms with E-state index in [2.05, 4.69) is 9.97 Å². The predicted molar refractivity (Wildman–Crippen MR) is 111 cm³/mol. The van der Waals surface area contributed by atoms with Crippen molar-refractivity contribution < 1.29 is 23.7 Å². The zero-order chi connectivity index (χ0) is 21.7. The first-order valence-electron chi connectivity index (χ1n) is 9.21. The fourth-order valence-electron chi connectivity index (χ4n) is 3.12. The molecule has 0 spiro atoms. The molecule has 3 aromatic rings. The molecule has 1 heterocycles. The maximum Gasteiger partial charge on any atom is 0.346 e. The lowest BCUT2D eigenvalue weighted by Gasteiger charge is -2.16. The van der Waals surface area contributed by atoms with Gasteiger partial charge in [-0.05, 0) is 24.6 Å². The molecule has 156 valence electrons. The minimum absolute atomic E-state index is 0.136. The first-order chi connectivity index (χ1) is 14.5. The average molecular weight is 410 g/mol. The van der Waals surface area contributed by atoms with Crippen molar-refractivity contribution in [1.82, 2.24) is 9.97 Å². The molecule has 1 aromatic heterocycles. The van der Waals surface area contributed by atoms with Crippen LogP contribution in [0.1, 0.15) is 17.3 Å². The average Bonchev–Trinajstić information content (AvgIpc) is 2.78. The standard InChI is InChI=1S/C22H22N2O6/c1-5-30-21(25)17-18(13-9-7-6-8-10-13)23-22(26)24-19(17)14-11-15(27-2)20(29-4)16(12-14)28-3/h6-12H,5H2,1-4H3,(H,23,24,26). The highest BCUT2D eigenvalue weighted by molar-refractivity contribution is 6.02. The van der Waals surface area contributed by atoms with Crippen molar-refractivity contribution in [3.05, 3.63) is 58.5 Å². The number of benzene rings is 2. The highest BCUT2D eigenvalue weighted by Crippen LogP contribution is 2.42. The number of esters is 1. The number of ether oxygens (including phenoxy) is 4. The fourth-order valence-corrected chi connectivity index (χ4v) is 3.12. The van der Waals surface area contributed by atoms with Gasteiger partial charge in [-0.15, -0.1) is 0 Å². The van der Waals surface area contributed by atoms with Crippen molar-refractivity contribution in [2.75, 3.05) is 27.9 Å². The number of nitrogens with one attached hydrogen (secondary N) is 1. The molecule has 3 rings (SSSR count). The number of hydrogen-bond acceptors (Lipinski definition) is 7. The fraction of sp³-hybridized carbons (Fsp3) is 0.227. The molecular weight excluding hydrogens is 388 g/mol. The molecule has 8 nitrogen and oxygen atoms in total. The van der Waals surface area contributed by atoms with Gasteiger partial charge in [0.2, 0.25) is 5.75 Å². The Kier molecular flexibility index (Phi) is 6.36. The van der Waals surface area contributed by atoms with Gasteiger partial charge in [-0.3, -0.25) is 0 Å². The molecule has 0 aliphatic rings. The van der Waals surface area contributed by atoms with Crippen LogP contribution in [0.2, 0.25) is 0 Å². The van der Waals surface area contributed by atoms with E-state index in [4.69, 9.17) is 18.9 Å². The third-order valence-corrected chi connectivity index (χ3v) is 4.41. The molecule has 0 saturated carbocycles. The molecule has 30 heavy (non-hydrogen) atoms. The predicted octanol–water partition coefficient (Wildman–Crippen LogP) is 3.31. The summed E-state index contributed by atoms with van der Waals surface area (Å²) in [5.41, 5.74) is 1.08. The van der Waals surface area contributed by atoms with Gasteiger partial charge in [0.1, 0.15) is 5.56 Å². The Bertz CT molecular complexity index is 1080. The van der Waals surface area contributed by atoms with Crippen molar-refractivity contribution in [3.63, 3.8) is 0 Å². The topological polar surface area (TPSA) is 99.7 Å². The van der Waals surface area contributed by atoms with Gasteiger partial charge in [-0.25, -0.2) is 9.59 Å². The monoisotopic (exact) mass is 410 g/mol. The van der Waals surface area contributed by atoms with Crippen molar-refractivity contribution in [1.29, 1.82) is 0 Å². The molecule has 2 aromatic carbocycles. The van der Waals surface area contributed by atoms with E-state index in [1.807, 2.05) is 18.2 Å². The molecule has 0 radical (unpaired) electrons. The summed E-state index contributed by atoms with van der Waals surface area (Å²) >= 11 is 0. The summed E-state index contributed by atoms with van der Waals surface area (Å²) in [6, 6.07) is 12.3. The number of carbonyl (C=O) groups excluding carboxylic acids is 1. The van der Waals surface area contributed by atoms with Gasteiger partial charge in [-0.2, -0.15) is 4.98 Å². The number of nitrogens with zero attached hydrogens (tertiary/aromatic N) is 1. The molecule has 0 saturated heterocycles. The zero-order valence-electron chi connectivity index (χ0n) is 17.1. The number of methoxy groups -OCH3 is 3. The Morgan fingerprint density at radius 3 is 2.13 bits per heavy atom. The molecule has 8 heteroatoms. The first-order valence-corrected chi connectivity index (χ1v) is 9.21. The highest BCUT2D eigenvalue weighted by atomic mass is 16.5. The van der Waals surface area contributed by atoms with Crippen LogP contribution in [0.5, 0.6) is 17.2 Å². The minimum atomic E-state index is -0.608. The van der Waals surface area contributed by atoms with E-state index in [-0.39, 0.29) is 17.9 Å². The van der Waals surface area contributed by atoms with Gasteiger partial charge < -0.3 is 23.9 Å². The molecular formula is C22H22N2O6. The second kappa shape index (κ2) is 9.13. The van der Waals surface area contributed by atoms with E-state index in [1.54, 1.807) is 31.2 Å². The molecule has 0 amide bonds. The molecule has 0 fully saturated rings. The number of H-pyrrole nitrogens is 1. The van der Waals surface area contributed by atoms with Gasteiger partial charge in [0.05, 0.1) is 39.3 Å². The molecule has 0 aliphatic carbocycles. The maximum absolute atomic E-state index is 12.9. The van der Waals surface area contributed by atoms with E-state index < -0.39 is 11.7 Å². The number of aromatic amines is 1. The van der Waals surface area contributed by atoms with E-state index in [0.29, 0.717) is 34.1 Å². The summed E-state index contributed by atoms with van der Waals surface area (Å²) in [7, 11) is 4.45. The number of hydrogen-bond donors (Lipinski definition) is 1. The molecule has 0 bridgehead atoms. The van der Waals surface area contributed by atoms with Crippen LogP contribution in [0.4, 0.5) is 0 Å². The lowest BCUT2D eigenvalue weighted by molar-refractivity contribution is 0.0527. The first kappa shape index (κ1) is 20.9. The highest BCUT2D eigenvalue weighted by Gasteiger charge is 2.25. The Hall–Kier alpha value is -3.81. The van der Waals surface area contributed by atoms with Gasteiger partial charge >= 0.3 is 11.7 Å². The van der Waals surface area contributed by atoms with Crippen LogP contribution in [-0.2, 0) is 4.74 Å². The van der Waals surface area contributed by atoms with Gasteiger partial charge in [0, 0.05) is 5.56 Å². The van der Waals surface area contributed by atoms with Gasteiger partial charge in [-0.1, -0.05) is 30.3 Å². The Balaban J connectivity index is 2.36. The summed E-state index contributed by atoms with van der Waals surface area (Å²) in [5, 5.41) is 0. The number of carbonyl (C=O) groups is 1. The third-order valence-electron chi connectivity index (χ3n) is 4.41. The lowest BCUT2D eigenvalue weighted by atomic mass is 9.99. The Labute approximate surface area is 173 Å². The van der Waals surface area contributed by atoms with Crippen LogP contribution in [0.3, 0.4) is 0 Å². The number of aromatic nitrogens is 2. The van der Waals surface area contributed by atoms with Crippen LogP contribution in [-0.4, -0.2) is 43.9 Å². The van der Waals surface area contributed by atoms with Gasteiger partial charge in [0.15, 0.2) is 11.5 Å². The summed E-state index contributed by atoms with van der Waals surface area (Å²) in [6.07, 6.45) is 0. The summed E-state index contributed by atoms with van der Waals surface area (Å²) in [4.78, 5) is 32.1. The second-order valence-corrected chi connectivity index (χ2v) is 6.14. The van der Waals surface area contributed by atoms with Crippen molar-refractivity contribution in [3.8, 4) is 39.8 Å². The summed E-state index contributed by atoms with van der Waals surface area (Å²) in [6.45, 7) is 1.87. The van der Waals surface area contributed by atoms with Crippen LogP contribution in [0, 0.1) is 0 Å². The van der Waals surface area contributed by atoms with Crippen molar-refractivity contribution in [2.45, 2.75) is 6.92 Å². The van der Waals surface area contributed by atoms with Crippen LogP contribution in [0.25, 0.3) is 22.5 Å². The molecule has 1 N–H and O–H groups in total. The van der Waals surface area contributed by atoms with Gasteiger partial charge in [0.25, 0.3) is 0 Å². The normalized spacial score (nSPS) is 10.4. The lowest BCUT2D eigenvalue weighted by Crippen LogP contribution is -2.19. The molecule has 0 aliphatic heterocycles. The molecule has 0 unspecified atom stereocenters. The smallest absolute Gasteiger partial charge is 0.346 e. The van der Waals surface area contributed by atoms with E-state index in [0.717, 1.165) is 0 Å². The zero-order valence-corrected chi connectivity index (χ0v) is 17.1. The Morgan fingerprint density at radius 1 is 0.967 bits per heavy atom. The van der Waals surface area contributed by atoms with E-state index in [1.165, 1.54) is 21.3 Å². The largest absolute Gasteiger partial charge is 0.493 e. The van der Waals surface area contributed by atoms with E-state index in [9.17, 15) is 9.59 Å². The van der Waals surface area contributed by atoms with Crippen LogP contribution in [0.15, 0.2) is 47.3 Å². The second-order valence-electron chi connectivity index (χ2n) is 6.14. The SMILES string of the molecule is CCOC(=O)c1c(-c2cc(OC)c(OC)c(OC)c2)nc(=O)[nH]c1-c1ccccc1. The molecule has 0 atom stereocenters. The maximum atomic E-state index is 12.9. The number of rotatable bonds is 7. The van der Waals surface area contributed by atoms with Crippen molar-refractivity contribution in [2.24, 2.45) is 0 Å². The van der Waals surface area contributed by atoms with Crippen LogP contribution >= 0.6 is 0 Å². The third kappa shape index (κ3) is 3.98. The quantitative estimate of drug-likeness (QED) is 0.597. The minimum Gasteiger partial charge on any atom is -0.493 e. The van der Waals surface area contributed by atoms with E-state index >= 15 is 0 Å². The summed E-state index contributed by atoms with van der Waals surface area (Å²) in [5.74, 6) is 0.508. The summed E-state index contributed by atoms with van der Waals surface area (Å²) < 4.78 is 21.4. The van der Waals surface area contributed by atoms with Crippen LogP contribution < -0.4 is 19.9 Å².